The second-order valence-corrected chi connectivity index (χ2v) is 5.74. The number of hydrogen-bond donors (Lipinski definition) is 0. The number of anilines is 1. The molecule has 0 unspecified atom stereocenters. The molecular weight excluding hydrogens is 332 g/mol. The van der Waals surface area contributed by atoms with E-state index in [4.69, 9.17) is 11.2 Å². The van der Waals surface area contributed by atoms with Crippen molar-refractivity contribution in [2.45, 2.75) is 34.2 Å². The summed E-state index contributed by atoms with van der Waals surface area (Å²) < 4.78 is 5.51. The highest BCUT2D eigenvalue weighted by Gasteiger charge is 2.17. The second-order valence-electron chi connectivity index (χ2n) is 5.74. The highest BCUT2D eigenvalue weighted by Crippen LogP contribution is 2.22. The number of terminal acetylenes is 1. The minimum absolute atomic E-state index is 0.314. The van der Waals surface area contributed by atoms with E-state index in [-0.39, 0.29) is 0 Å². The van der Waals surface area contributed by atoms with Crippen molar-refractivity contribution < 1.29 is 4.74 Å². The molecule has 1 saturated heterocycles. The third kappa shape index (κ3) is 7.76. The van der Waals surface area contributed by atoms with E-state index >= 15 is 0 Å². The molecule has 2 aromatic rings. The van der Waals surface area contributed by atoms with E-state index in [2.05, 4.69) is 58.2 Å². The first-order valence-electron chi connectivity index (χ1n) is 10.0. The van der Waals surface area contributed by atoms with E-state index in [1.165, 1.54) is 11.3 Å². The van der Waals surface area contributed by atoms with Crippen molar-refractivity contribution in [1.82, 2.24) is 4.90 Å². The predicted octanol–water partition coefficient (Wildman–Crippen LogP) is 5.07. The molecule has 0 aromatic heterocycles. The van der Waals surface area contributed by atoms with Crippen LogP contribution in [0, 0.1) is 12.3 Å². The molecule has 1 aliphatic heterocycles. The van der Waals surface area contributed by atoms with Crippen molar-refractivity contribution in [3.05, 3.63) is 60.2 Å². The Kier molecular flexibility index (Phi) is 11.5. The zero-order chi connectivity index (χ0) is 19.9. The van der Waals surface area contributed by atoms with Gasteiger partial charge in [-0.3, -0.25) is 4.90 Å². The lowest BCUT2D eigenvalue weighted by molar-refractivity contribution is 0.250. The van der Waals surface area contributed by atoms with Gasteiger partial charge in [-0.15, -0.1) is 6.42 Å². The summed E-state index contributed by atoms with van der Waals surface area (Å²) in [6.07, 6.45) is 5.24. The topological polar surface area (TPSA) is 15.7 Å². The van der Waals surface area contributed by atoms with Crippen LogP contribution in [0.4, 0.5) is 5.69 Å². The average molecular weight is 367 g/mol. The average Bonchev–Trinajstić information content (AvgIpc) is 2.76. The number of benzene rings is 2. The van der Waals surface area contributed by atoms with Gasteiger partial charge in [-0.1, -0.05) is 70.0 Å². The van der Waals surface area contributed by atoms with Crippen LogP contribution in [-0.4, -0.2) is 37.7 Å². The lowest BCUT2D eigenvalue weighted by atomic mass is 10.2. The quantitative estimate of drug-likeness (QED) is 0.687. The first-order valence-corrected chi connectivity index (χ1v) is 10.0. The molecule has 3 rings (SSSR count). The van der Waals surface area contributed by atoms with Crippen LogP contribution in [0.15, 0.2) is 54.6 Å². The Morgan fingerprint density at radius 2 is 1.56 bits per heavy atom. The Labute approximate surface area is 166 Å². The van der Waals surface area contributed by atoms with Crippen LogP contribution in [0.3, 0.4) is 0 Å². The number of ether oxygens (including phenoxy) is 1. The SMILES string of the molecule is C#CCOc1cccc(N2CCN(Cc3ccccc3)CC2)c1.CC.CC. The van der Waals surface area contributed by atoms with E-state index in [9.17, 15) is 0 Å². The molecule has 0 bridgehead atoms. The first-order chi connectivity index (χ1) is 13.3. The van der Waals surface area contributed by atoms with Gasteiger partial charge in [0.2, 0.25) is 0 Å². The maximum atomic E-state index is 5.51. The smallest absolute Gasteiger partial charge is 0.148 e. The Balaban J connectivity index is 0.000000855. The number of hydrogen-bond acceptors (Lipinski definition) is 3. The third-order valence-corrected chi connectivity index (χ3v) is 4.13. The molecular formula is C24H34N2O. The molecule has 3 heteroatoms. The van der Waals surface area contributed by atoms with Gasteiger partial charge in [0.25, 0.3) is 0 Å². The molecule has 3 nitrogen and oxygen atoms in total. The summed E-state index contributed by atoms with van der Waals surface area (Å²) in [6.45, 7) is 13.6. The largest absolute Gasteiger partial charge is 0.481 e. The first kappa shape index (κ1) is 22.6. The molecule has 0 amide bonds. The lowest BCUT2D eigenvalue weighted by Gasteiger charge is -2.36. The Morgan fingerprint density at radius 1 is 0.889 bits per heavy atom. The van der Waals surface area contributed by atoms with Crippen LogP contribution < -0.4 is 9.64 Å². The van der Waals surface area contributed by atoms with Gasteiger partial charge in [-0.2, -0.15) is 0 Å². The van der Waals surface area contributed by atoms with E-state index in [0.717, 1.165) is 38.5 Å². The molecule has 0 radical (unpaired) electrons. The summed E-state index contributed by atoms with van der Waals surface area (Å²) in [6, 6.07) is 18.8. The number of piperazine rings is 1. The molecule has 0 spiro atoms. The van der Waals surface area contributed by atoms with Crippen LogP contribution in [0.2, 0.25) is 0 Å². The molecule has 1 fully saturated rings. The van der Waals surface area contributed by atoms with E-state index < -0.39 is 0 Å². The summed E-state index contributed by atoms with van der Waals surface area (Å²) in [7, 11) is 0. The Morgan fingerprint density at radius 3 is 2.19 bits per heavy atom. The summed E-state index contributed by atoms with van der Waals surface area (Å²) in [5, 5.41) is 0. The third-order valence-electron chi connectivity index (χ3n) is 4.13. The van der Waals surface area contributed by atoms with Crippen molar-refractivity contribution in [2.75, 3.05) is 37.7 Å². The monoisotopic (exact) mass is 366 g/mol. The van der Waals surface area contributed by atoms with Gasteiger partial charge in [0.05, 0.1) is 0 Å². The fraction of sp³-hybridized carbons (Fsp3) is 0.417. The summed E-state index contributed by atoms with van der Waals surface area (Å²) in [4.78, 5) is 4.91. The van der Waals surface area contributed by atoms with Crippen molar-refractivity contribution in [1.29, 1.82) is 0 Å². The van der Waals surface area contributed by atoms with Gasteiger partial charge < -0.3 is 9.64 Å². The van der Waals surface area contributed by atoms with E-state index in [0.29, 0.717) is 6.61 Å². The lowest BCUT2D eigenvalue weighted by Crippen LogP contribution is -2.45. The van der Waals surface area contributed by atoms with Gasteiger partial charge in [-0.05, 0) is 17.7 Å². The van der Waals surface area contributed by atoms with Crippen LogP contribution >= 0.6 is 0 Å². The maximum absolute atomic E-state index is 5.51. The Bertz CT molecular complexity index is 656. The van der Waals surface area contributed by atoms with Crippen molar-refractivity contribution in [3.63, 3.8) is 0 Å². The van der Waals surface area contributed by atoms with Gasteiger partial charge in [0, 0.05) is 44.5 Å². The summed E-state index contributed by atoms with van der Waals surface area (Å²) >= 11 is 0. The highest BCUT2D eigenvalue weighted by atomic mass is 16.5. The molecule has 0 aliphatic carbocycles. The second kappa shape index (κ2) is 13.7. The van der Waals surface area contributed by atoms with Gasteiger partial charge in [-0.25, -0.2) is 0 Å². The number of rotatable bonds is 5. The fourth-order valence-electron chi connectivity index (χ4n) is 2.90. The van der Waals surface area contributed by atoms with Crippen LogP contribution in [0.1, 0.15) is 33.3 Å². The minimum Gasteiger partial charge on any atom is -0.481 e. The van der Waals surface area contributed by atoms with Crippen LogP contribution in [0.25, 0.3) is 0 Å². The normalized spacial score (nSPS) is 13.4. The zero-order valence-corrected chi connectivity index (χ0v) is 17.3. The van der Waals surface area contributed by atoms with Crippen molar-refractivity contribution in [2.24, 2.45) is 0 Å². The molecule has 1 aliphatic rings. The predicted molar refractivity (Wildman–Crippen MR) is 117 cm³/mol. The minimum atomic E-state index is 0.314. The molecule has 1 heterocycles. The van der Waals surface area contributed by atoms with Gasteiger partial charge in [0.15, 0.2) is 0 Å². The van der Waals surface area contributed by atoms with Crippen LogP contribution in [0.5, 0.6) is 5.75 Å². The molecule has 0 atom stereocenters. The standard InChI is InChI=1S/C20H22N2O.2C2H6/c1-2-15-23-20-10-6-9-19(16-20)22-13-11-21(12-14-22)17-18-7-4-3-5-8-18;2*1-2/h1,3-10,16H,11-15,17H2;2*1-2H3. The maximum Gasteiger partial charge on any atom is 0.148 e. The summed E-state index contributed by atoms with van der Waals surface area (Å²) in [5.41, 5.74) is 2.59. The zero-order valence-electron chi connectivity index (χ0n) is 17.3. The molecule has 27 heavy (non-hydrogen) atoms. The summed E-state index contributed by atoms with van der Waals surface area (Å²) in [5.74, 6) is 3.34. The van der Waals surface area contributed by atoms with E-state index in [1.807, 2.05) is 39.8 Å². The molecule has 0 saturated carbocycles. The molecule has 0 N–H and O–H groups in total. The fourth-order valence-corrected chi connectivity index (χ4v) is 2.90. The van der Waals surface area contributed by atoms with Crippen molar-refractivity contribution >= 4 is 5.69 Å². The van der Waals surface area contributed by atoms with Crippen molar-refractivity contribution in [3.8, 4) is 18.1 Å². The molecule has 146 valence electrons. The van der Waals surface area contributed by atoms with Gasteiger partial charge >= 0.3 is 0 Å². The van der Waals surface area contributed by atoms with Crippen LogP contribution in [-0.2, 0) is 6.54 Å². The molecule has 2 aromatic carbocycles. The Hall–Kier alpha value is -2.44. The number of nitrogens with zero attached hydrogens (tertiary/aromatic N) is 2. The van der Waals surface area contributed by atoms with E-state index in [1.54, 1.807) is 0 Å². The highest BCUT2D eigenvalue weighted by molar-refractivity contribution is 5.51. The van der Waals surface area contributed by atoms with Gasteiger partial charge in [0.1, 0.15) is 12.4 Å².